The third-order valence-electron chi connectivity index (χ3n) is 7.44. The van der Waals surface area contributed by atoms with Gasteiger partial charge in [-0.25, -0.2) is 4.68 Å². The van der Waals surface area contributed by atoms with E-state index in [-0.39, 0.29) is 29.6 Å². The highest BCUT2D eigenvalue weighted by Gasteiger charge is 2.48. The van der Waals surface area contributed by atoms with E-state index in [4.69, 9.17) is 0 Å². The van der Waals surface area contributed by atoms with E-state index in [1.807, 2.05) is 13.8 Å². The maximum Gasteiger partial charge on any atom is 0.408 e. The molecular formula is C25H33F3N10O2. The summed E-state index contributed by atoms with van der Waals surface area (Å²) >= 11 is 0. The Bertz CT molecular complexity index is 1330. The molecule has 3 aromatic rings. The van der Waals surface area contributed by atoms with Crippen molar-refractivity contribution in [3.05, 3.63) is 36.2 Å². The van der Waals surface area contributed by atoms with Crippen LogP contribution in [0.15, 0.2) is 24.7 Å². The van der Waals surface area contributed by atoms with E-state index in [2.05, 4.69) is 36.4 Å². The van der Waals surface area contributed by atoms with Crippen molar-refractivity contribution in [3.63, 3.8) is 0 Å². The van der Waals surface area contributed by atoms with Gasteiger partial charge in [0.25, 0.3) is 5.91 Å². The number of hydrogen-bond acceptors (Lipinski definition) is 7. The minimum atomic E-state index is -4.49. The molecule has 2 N–H and O–H groups in total. The molecule has 5 rings (SSSR count). The van der Waals surface area contributed by atoms with Crippen molar-refractivity contribution in [1.29, 1.82) is 0 Å². The van der Waals surface area contributed by atoms with E-state index < -0.39 is 24.8 Å². The number of anilines is 1. The smallest absolute Gasteiger partial charge is 0.339 e. The third kappa shape index (κ3) is 6.17. The average molecular weight is 563 g/mol. The summed E-state index contributed by atoms with van der Waals surface area (Å²) in [6.07, 6.45) is 4.48. The van der Waals surface area contributed by atoms with Gasteiger partial charge in [-0.3, -0.25) is 19.0 Å². The molecule has 3 aromatic heterocycles. The normalized spacial score (nSPS) is 17.3. The maximum absolute atomic E-state index is 13.7. The van der Waals surface area contributed by atoms with E-state index >= 15 is 0 Å². The predicted molar refractivity (Wildman–Crippen MR) is 136 cm³/mol. The van der Waals surface area contributed by atoms with Gasteiger partial charge in [-0.2, -0.15) is 23.4 Å². The van der Waals surface area contributed by atoms with E-state index in [1.165, 1.54) is 17.1 Å². The van der Waals surface area contributed by atoms with Crippen molar-refractivity contribution in [2.75, 3.05) is 5.32 Å². The topological polar surface area (TPSA) is 137 Å². The SMILES string of the molecule is CCC(c1nnnn1CC(F)(F)F)n1cc(NC(=O)[C@@H](NC(=O)c2ccnn2C(C)C)C(C2CC2)C2CC2)cn1. The number of nitrogens with zero attached hydrogens (tertiary/aromatic N) is 8. The zero-order valence-electron chi connectivity index (χ0n) is 22.5. The third-order valence-corrected chi connectivity index (χ3v) is 7.44. The monoisotopic (exact) mass is 562 g/mol. The van der Waals surface area contributed by atoms with Crippen LogP contribution in [-0.2, 0) is 11.3 Å². The lowest BCUT2D eigenvalue weighted by molar-refractivity contribution is -0.143. The molecule has 3 heterocycles. The average Bonchev–Trinajstić information content (AvgIpc) is 3.75. The summed E-state index contributed by atoms with van der Waals surface area (Å²) in [5, 5.41) is 25.1. The van der Waals surface area contributed by atoms with Crippen LogP contribution in [0, 0.1) is 17.8 Å². The number of aromatic nitrogens is 8. The van der Waals surface area contributed by atoms with Crippen LogP contribution in [-0.4, -0.2) is 63.8 Å². The molecule has 2 aliphatic rings. The van der Waals surface area contributed by atoms with Crippen LogP contribution >= 0.6 is 0 Å². The molecule has 15 heteroatoms. The molecule has 0 aromatic carbocycles. The summed E-state index contributed by atoms with van der Waals surface area (Å²) in [4.78, 5) is 27.0. The zero-order valence-corrected chi connectivity index (χ0v) is 22.5. The highest BCUT2D eigenvalue weighted by molar-refractivity contribution is 6.00. The van der Waals surface area contributed by atoms with Gasteiger partial charge in [0.05, 0.1) is 11.9 Å². The van der Waals surface area contributed by atoms with Gasteiger partial charge in [-0.05, 0) is 80.2 Å². The van der Waals surface area contributed by atoms with Crippen LogP contribution in [0.1, 0.15) is 81.3 Å². The Hall–Kier alpha value is -3.78. The van der Waals surface area contributed by atoms with Crippen LogP contribution in [0.4, 0.5) is 18.9 Å². The lowest BCUT2D eigenvalue weighted by Crippen LogP contribution is -2.50. The minimum absolute atomic E-state index is 0.00948. The fraction of sp³-hybridized carbons (Fsp3) is 0.640. The zero-order chi connectivity index (χ0) is 28.6. The highest BCUT2D eigenvalue weighted by atomic mass is 19.4. The van der Waals surface area contributed by atoms with Crippen LogP contribution in [0.5, 0.6) is 0 Å². The number of hydrogen-bond donors (Lipinski definition) is 2. The summed E-state index contributed by atoms with van der Waals surface area (Å²) < 4.78 is 42.8. The standard InChI is InChI=1S/C25H33F3N10O2/c1-4-18(22-33-34-35-37(22)13-25(26,27)28)36-12-17(11-30-36)31-24(40)21(20(15-5-6-15)16-7-8-16)32-23(39)19-9-10-29-38(19)14(2)3/h9-12,14-16,18,20-21H,4-8,13H2,1-3H3,(H,31,40)(H,32,39)/t18?,21-/m0/s1. The minimum Gasteiger partial charge on any atom is -0.339 e. The number of tetrazole rings is 1. The molecule has 2 amide bonds. The molecule has 0 bridgehead atoms. The largest absolute Gasteiger partial charge is 0.408 e. The van der Waals surface area contributed by atoms with Gasteiger partial charge in [-0.1, -0.05) is 6.92 Å². The summed E-state index contributed by atoms with van der Waals surface area (Å²) in [7, 11) is 0. The van der Waals surface area contributed by atoms with Gasteiger partial charge in [0, 0.05) is 18.4 Å². The summed E-state index contributed by atoms with van der Waals surface area (Å²) in [5.74, 6) is 0.0506. The maximum atomic E-state index is 13.7. The van der Waals surface area contributed by atoms with Crippen LogP contribution in [0.25, 0.3) is 0 Å². The Kier molecular flexibility index (Phi) is 7.64. The highest BCUT2D eigenvalue weighted by Crippen LogP contribution is 2.51. The molecule has 40 heavy (non-hydrogen) atoms. The summed E-state index contributed by atoms with van der Waals surface area (Å²) in [6, 6.07) is 0.169. The first-order valence-electron chi connectivity index (χ1n) is 13.6. The summed E-state index contributed by atoms with van der Waals surface area (Å²) in [5.41, 5.74) is 0.739. The van der Waals surface area contributed by atoms with Gasteiger partial charge in [-0.15, -0.1) is 5.10 Å². The first-order valence-corrected chi connectivity index (χ1v) is 13.6. The molecule has 216 valence electrons. The van der Waals surface area contributed by atoms with Gasteiger partial charge >= 0.3 is 6.18 Å². The van der Waals surface area contributed by atoms with Crippen LogP contribution in [0.3, 0.4) is 0 Å². The van der Waals surface area contributed by atoms with Gasteiger partial charge in [0.1, 0.15) is 24.3 Å². The Labute approximate surface area is 228 Å². The summed E-state index contributed by atoms with van der Waals surface area (Å²) in [6.45, 7) is 4.31. The Morgan fingerprint density at radius 2 is 1.82 bits per heavy atom. The van der Waals surface area contributed by atoms with Crippen LogP contribution in [0.2, 0.25) is 0 Å². The molecule has 0 saturated heterocycles. The van der Waals surface area contributed by atoms with E-state index in [9.17, 15) is 22.8 Å². The molecule has 0 spiro atoms. The predicted octanol–water partition coefficient (Wildman–Crippen LogP) is 3.38. The van der Waals surface area contributed by atoms with Gasteiger partial charge < -0.3 is 10.6 Å². The number of halogens is 3. The lowest BCUT2D eigenvalue weighted by Gasteiger charge is -2.27. The first-order chi connectivity index (χ1) is 19.1. The second-order valence-electron chi connectivity index (χ2n) is 10.9. The molecule has 0 aliphatic heterocycles. The molecule has 1 unspecified atom stereocenters. The number of alkyl halides is 3. The van der Waals surface area contributed by atoms with Crippen molar-refractivity contribution >= 4 is 17.5 Å². The number of carbonyl (C=O) groups excluding carboxylic acids is 2. The second kappa shape index (κ2) is 11.0. The lowest BCUT2D eigenvalue weighted by atomic mass is 9.88. The molecule has 2 atom stereocenters. The van der Waals surface area contributed by atoms with Gasteiger partial charge in [0.2, 0.25) is 5.91 Å². The Balaban J connectivity index is 1.35. The van der Waals surface area contributed by atoms with E-state index in [1.54, 1.807) is 23.9 Å². The fourth-order valence-corrected chi connectivity index (χ4v) is 5.36. The van der Waals surface area contributed by atoms with Crippen molar-refractivity contribution in [2.45, 2.75) is 83.7 Å². The molecule has 0 radical (unpaired) electrons. The van der Waals surface area contributed by atoms with Crippen LogP contribution < -0.4 is 10.6 Å². The van der Waals surface area contributed by atoms with E-state index in [0.717, 1.165) is 25.7 Å². The number of carbonyl (C=O) groups is 2. The molecular weight excluding hydrogens is 529 g/mol. The van der Waals surface area contributed by atoms with Crippen molar-refractivity contribution in [2.24, 2.45) is 17.8 Å². The quantitative estimate of drug-likeness (QED) is 0.345. The Morgan fingerprint density at radius 1 is 1.12 bits per heavy atom. The number of rotatable bonds is 12. The number of nitrogens with one attached hydrogen (secondary N) is 2. The van der Waals surface area contributed by atoms with E-state index in [0.29, 0.717) is 34.3 Å². The number of amides is 2. The molecule has 2 saturated carbocycles. The fourth-order valence-electron chi connectivity index (χ4n) is 5.36. The first kappa shape index (κ1) is 27.8. The molecule has 12 nitrogen and oxygen atoms in total. The van der Waals surface area contributed by atoms with Crippen molar-refractivity contribution < 1.29 is 22.8 Å². The van der Waals surface area contributed by atoms with Crippen molar-refractivity contribution in [1.82, 2.24) is 45.1 Å². The van der Waals surface area contributed by atoms with Crippen molar-refractivity contribution in [3.8, 4) is 0 Å². The Morgan fingerprint density at radius 3 is 2.42 bits per heavy atom. The molecule has 2 fully saturated rings. The van der Waals surface area contributed by atoms with Gasteiger partial charge in [0.15, 0.2) is 5.82 Å². The second-order valence-corrected chi connectivity index (χ2v) is 10.9. The molecule has 2 aliphatic carbocycles.